The van der Waals surface area contributed by atoms with Crippen LogP contribution in [0.4, 0.5) is 17.1 Å². The zero-order valence-electron chi connectivity index (χ0n) is 51.1. The first kappa shape index (κ1) is 53.5. The summed E-state index contributed by atoms with van der Waals surface area (Å²) < 4.78 is 2.37. The summed E-state index contributed by atoms with van der Waals surface area (Å²) in [5.74, 6) is 4.88. The number of nitrogens with zero attached hydrogens (tertiary/aromatic N) is 7. The van der Waals surface area contributed by atoms with Crippen molar-refractivity contribution in [2.75, 3.05) is 9.80 Å². The SMILES string of the molecule is C1=CC2=C(CC1)N(C1CCC(c3ccc(-c4nc(-c5ccccc5)nc(-c5cccc(-n6c7ccccc7c7ccccc76)c5)n4)cc3)CC1N1c3ccc(C4CCC5C(C4)c4ccccc4N5c4ccccc4)cc3C3CCCCC31)C1CCCCCC21. The maximum absolute atomic E-state index is 5.36. The third-order valence-electron chi connectivity index (χ3n) is 23.0. The van der Waals surface area contributed by atoms with Gasteiger partial charge in [0.25, 0.3) is 0 Å². The molecule has 8 aliphatic rings. The van der Waals surface area contributed by atoms with Crippen LogP contribution in [0.5, 0.6) is 0 Å². The van der Waals surface area contributed by atoms with Crippen LogP contribution in [0.2, 0.25) is 0 Å². The van der Waals surface area contributed by atoms with Gasteiger partial charge >= 0.3 is 0 Å². The van der Waals surface area contributed by atoms with Gasteiger partial charge in [0.05, 0.1) is 17.1 Å². The number of benzene rings is 8. The number of allylic oxidation sites excluding steroid dienone is 3. The fourth-order valence-electron chi connectivity index (χ4n) is 19.2. The van der Waals surface area contributed by atoms with Gasteiger partial charge in [0.2, 0.25) is 0 Å². The molecule has 442 valence electrons. The number of fused-ring (bicyclic) bond motifs is 11. The van der Waals surface area contributed by atoms with Crippen LogP contribution >= 0.6 is 0 Å². The molecule has 10 aromatic rings. The number of hydrogen-bond acceptors (Lipinski definition) is 6. The molecule has 0 spiro atoms. The van der Waals surface area contributed by atoms with Gasteiger partial charge in [-0.3, -0.25) is 0 Å². The van der Waals surface area contributed by atoms with Crippen LogP contribution in [0.1, 0.15) is 155 Å². The summed E-state index contributed by atoms with van der Waals surface area (Å²) in [6.07, 6.45) is 26.8. The molecule has 7 nitrogen and oxygen atoms in total. The quantitative estimate of drug-likeness (QED) is 0.144. The highest BCUT2D eigenvalue weighted by Crippen LogP contribution is 2.58. The Morgan fingerprint density at radius 1 is 0.371 bits per heavy atom. The number of para-hydroxylation sites is 4. The van der Waals surface area contributed by atoms with Crippen molar-refractivity contribution in [1.29, 1.82) is 0 Å². The van der Waals surface area contributed by atoms with Gasteiger partial charge in [-0.05, 0) is 165 Å². The summed E-state index contributed by atoms with van der Waals surface area (Å²) in [7, 11) is 0. The smallest absolute Gasteiger partial charge is 0.164 e. The predicted octanol–water partition coefficient (Wildman–Crippen LogP) is 20.0. The molecule has 2 aromatic heterocycles. The normalized spacial score (nSPS) is 26.2. The van der Waals surface area contributed by atoms with Crippen LogP contribution in [-0.2, 0) is 0 Å². The average molecular weight is 1160 g/mol. The van der Waals surface area contributed by atoms with Crippen molar-refractivity contribution < 1.29 is 0 Å². The van der Waals surface area contributed by atoms with E-state index in [-0.39, 0.29) is 0 Å². The van der Waals surface area contributed by atoms with Crippen molar-refractivity contribution >= 4 is 38.9 Å². The molecule has 4 fully saturated rings. The lowest BCUT2D eigenvalue weighted by Gasteiger charge is -2.52. The van der Waals surface area contributed by atoms with E-state index < -0.39 is 0 Å². The second-order valence-corrected chi connectivity index (χ2v) is 27.6. The molecule has 5 aliphatic carbocycles. The van der Waals surface area contributed by atoms with Crippen LogP contribution in [0, 0.1) is 5.92 Å². The lowest BCUT2D eigenvalue weighted by atomic mass is 9.73. The third-order valence-corrected chi connectivity index (χ3v) is 23.0. The number of hydrogen-bond donors (Lipinski definition) is 0. The summed E-state index contributed by atoms with van der Waals surface area (Å²) in [5, 5.41) is 2.49. The van der Waals surface area contributed by atoms with Crippen LogP contribution in [0.25, 0.3) is 61.7 Å². The van der Waals surface area contributed by atoms with Crippen LogP contribution in [0.3, 0.4) is 0 Å². The fraction of sp³-hybridized carbons (Fsp3) is 0.329. The minimum absolute atomic E-state index is 0.417. The van der Waals surface area contributed by atoms with Crippen LogP contribution in [-0.4, -0.2) is 54.6 Å². The van der Waals surface area contributed by atoms with Crippen molar-refractivity contribution in [2.45, 2.75) is 163 Å². The van der Waals surface area contributed by atoms with E-state index in [0.717, 1.165) is 22.4 Å². The van der Waals surface area contributed by atoms with E-state index in [1.165, 1.54) is 148 Å². The molecule has 3 aliphatic heterocycles. The van der Waals surface area contributed by atoms with Gasteiger partial charge in [-0.2, -0.15) is 0 Å². The summed E-state index contributed by atoms with van der Waals surface area (Å²) in [4.78, 5) is 24.8. The van der Waals surface area contributed by atoms with Gasteiger partial charge in [0.1, 0.15) is 0 Å². The maximum atomic E-state index is 5.36. The van der Waals surface area contributed by atoms with Crippen LogP contribution in [0.15, 0.2) is 224 Å². The van der Waals surface area contributed by atoms with Crippen molar-refractivity contribution in [3.05, 3.63) is 246 Å². The largest absolute Gasteiger partial charge is 0.366 e. The van der Waals surface area contributed by atoms with E-state index in [4.69, 9.17) is 15.0 Å². The van der Waals surface area contributed by atoms with Gasteiger partial charge in [0.15, 0.2) is 17.5 Å². The van der Waals surface area contributed by atoms with Crippen molar-refractivity contribution in [1.82, 2.24) is 24.4 Å². The topological polar surface area (TPSA) is 53.3 Å². The Kier molecular flexibility index (Phi) is 13.3. The number of anilines is 3. The molecule has 8 aromatic carbocycles. The lowest BCUT2D eigenvalue weighted by Crippen LogP contribution is -2.58. The lowest BCUT2D eigenvalue weighted by molar-refractivity contribution is 0.103. The van der Waals surface area contributed by atoms with Crippen molar-refractivity contribution in [3.63, 3.8) is 0 Å². The van der Waals surface area contributed by atoms with E-state index in [1.807, 2.05) is 0 Å². The van der Waals surface area contributed by atoms with Crippen LogP contribution < -0.4 is 9.80 Å². The Morgan fingerprint density at radius 2 is 0.978 bits per heavy atom. The molecular weight excluding hydrogens is 1080 g/mol. The Hall–Kier alpha value is -8.55. The Bertz CT molecular complexity index is 4320. The molecule has 5 heterocycles. The van der Waals surface area contributed by atoms with E-state index in [9.17, 15) is 0 Å². The van der Waals surface area contributed by atoms with E-state index in [1.54, 1.807) is 33.6 Å². The molecular formula is C82H79N7. The van der Waals surface area contributed by atoms with E-state index in [0.29, 0.717) is 77.3 Å². The van der Waals surface area contributed by atoms with Gasteiger partial charge in [-0.15, -0.1) is 0 Å². The van der Waals surface area contributed by atoms with Crippen molar-refractivity contribution in [2.24, 2.45) is 5.92 Å². The molecule has 0 bridgehead atoms. The minimum Gasteiger partial charge on any atom is -0.366 e. The highest BCUT2D eigenvalue weighted by molar-refractivity contribution is 6.09. The molecule has 0 amide bonds. The summed E-state index contributed by atoms with van der Waals surface area (Å²) in [6, 6.07) is 77.4. The molecule has 18 rings (SSSR count). The minimum atomic E-state index is 0.417. The zero-order chi connectivity index (χ0) is 58.5. The fourth-order valence-corrected chi connectivity index (χ4v) is 19.2. The highest BCUT2D eigenvalue weighted by atomic mass is 15.3. The molecule has 0 N–H and O–H groups in total. The molecule has 10 atom stereocenters. The summed E-state index contributed by atoms with van der Waals surface area (Å²) in [6.45, 7) is 0. The first-order chi connectivity index (χ1) is 44.1. The molecule has 4 saturated carbocycles. The highest BCUT2D eigenvalue weighted by Gasteiger charge is 2.52. The third kappa shape index (κ3) is 9.05. The first-order valence-electron chi connectivity index (χ1n) is 34.2. The predicted molar refractivity (Wildman–Crippen MR) is 364 cm³/mol. The molecule has 0 saturated heterocycles. The Labute approximate surface area is 524 Å². The first-order valence-corrected chi connectivity index (χ1v) is 34.2. The van der Waals surface area contributed by atoms with Crippen molar-refractivity contribution in [3.8, 4) is 39.9 Å². The molecule has 10 unspecified atom stereocenters. The Balaban J connectivity index is 0.690. The molecule has 0 radical (unpaired) electrons. The summed E-state index contributed by atoms with van der Waals surface area (Å²) >= 11 is 0. The van der Waals surface area contributed by atoms with E-state index in [2.05, 4.69) is 232 Å². The molecule has 89 heavy (non-hydrogen) atoms. The van der Waals surface area contributed by atoms with Gasteiger partial charge in [-0.1, -0.05) is 196 Å². The van der Waals surface area contributed by atoms with Gasteiger partial charge < -0.3 is 19.3 Å². The summed E-state index contributed by atoms with van der Waals surface area (Å²) in [5.41, 5.74) is 20.4. The second kappa shape index (κ2) is 22.2. The second-order valence-electron chi connectivity index (χ2n) is 27.6. The number of aromatic nitrogens is 4. The maximum Gasteiger partial charge on any atom is 0.164 e. The van der Waals surface area contributed by atoms with Gasteiger partial charge in [-0.25, -0.2) is 15.0 Å². The molecule has 7 heteroatoms. The number of rotatable bonds is 9. The van der Waals surface area contributed by atoms with Gasteiger partial charge in [0, 0.05) is 97.8 Å². The monoisotopic (exact) mass is 1160 g/mol. The van der Waals surface area contributed by atoms with E-state index >= 15 is 0 Å². The standard InChI is InChI=1S/C82H79N7/c1-4-21-54(22-5-1)80-83-81(85-82(84-80)59-23-20-26-61(49-59)87-70-34-15-10-28-62(70)63-29-11-16-35-71(63)87)55-41-39-53(40-42-55)58-45-48-78(88-73-33-9-3-8-27-64(73)65-30-12-18-37-74(65)88)79(52-58)89-75-38-19-14-32-67(75)69-51-57(44-47-77(69)89)56-43-46-76-68(50-56)66-31-13-17-36-72(66)86(76)60-24-6-2-7-25-60/h1-2,4-7,10-13,15-17,20-26,28-31,34-36,39-42,44,47,49,51,56,58,64,67-68,73,75-76,78-79H,3,8-9,14,18-19,27,32-33,37-38,43,45-46,48,50,52H2. The zero-order valence-corrected chi connectivity index (χ0v) is 51.1. The Morgan fingerprint density at radius 3 is 1.78 bits per heavy atom. The average Bonchev–Trinajstić information content (AvgIpc) is 1.87.